The highest BCUT2D eigenvalue weighted by atomic mass is 16.3. The monoisotopic (exact) mass is 222 g/mol. The maximum atomic E-state index is 9.71. The first kappa shape index (κ1) is 11.7. The summed E-state index contributed by atoms with van der Waals surface area (Å²) in [6, 6.07) is 4.98. The van der Waals surface area contributed by atoms with Crippen LogP contribution in [0.5, 0.6) is 0 Å². The first-order valence-electron chi connectivity index (χ1n) is 6.14. The molecule has 3 heteroatoms. The average molecular weight is 222 g/mol. The lowest BCUT2D eigenvalue weighted by Gasteiger charge is -2.18. The van der Waals surface area contributed by atoms with Crippen LogP contribution in [0.2, 0.25) is 0 Å². The van der Waals surface area contributed by atoms with Crippen molar-refractivity contribution in [1.29, 1.82) is 0 Å². The van der Waals surface area contributed by atoms with E-state index in [4.69, 9.17) is 0 Å². The molecule has 16 heavy (non-hydrogen) atoms. The first-order valence-corrected chi connectivity index (χ1v) is 6.14. The van der Waals surface area contributed by atoms with E-state index in [1.807, 2.05) is 13.8 Å². The minimum absolute atomic E-state index is 0.578. The Labute approximate surface area is 97.5 Å². The lowest BCUT2D eigenvalue weighted by atomic mass is 10.1. The summed E-state index contributed by atoms with van der Waals surface area (Å²) in [4.78, 5) is 0. The highest BCUT2D eigenvalue weighted by molar-refractivity contribution is 5.07. The highest BCUT2D eigenvalue weighted by Gasteiger charge is 2.20. The Balaban J connectivity index is 1.85. The lowest BCUT2D eigenvalue weighted by molar-refractivity contribution is 0.0660. The van der Waals surface area contributed by atoms with Crippen LogP contribution in [0.4, 0.5) is 0 Å². The molecule has 2 rings (SSSR count). The second-order valence-corrected chi connectivity index (χ2v) is 5.41. The molecular weight excluding hydrogens is 200 g/mol. The summed E-state index contributed by atoms with van der Waals surface area (Å²) in [5, 5.41) is 13.2. The van der Waals surface area contributed by atoms with Crippen molar-refractivity contribution in [3.8, 4) is 0 Å². The van der Waals surface area contributed by atoms with E-state index >= 15 is 0 Å². The molecule has 90 valence electrons. The minimum Gasteiger partial charge on any atom is -0.390 e. The zero-order valence-electron chi connectivity index (χ0n) is 10.2. The molecule has 1 aliphatic rings. The Morgan fingerprint density at radius 1 is 1.50 bits per heavy atom. The number of nitrogens with one attached hydrogen (secondary N) is 1. The van der Waals surface area contributed by atoms with Gasteiger partial charge in [0.25, 0.3) is 0 Å². The van der Waals surface area contributed by atoms with Crippen LogP contribution in [0.1, 0.15) is 38.8 Å². The summed E-state index contributed by atoms with van der Waals surface area (Å²) >= 11 is 0. The molecule has 0 radical (unpaired) electrons. The number of nitrogens with zero attached hydrogens (tertiary/aromatic N) is 1. The molecule has 1 aliphatic carbocycles. The van der Waals surface area contributed by atoms with Gasteiger partial charge in [0.1, 0.15) is 0 Å². The third-order valence-corrected chi connectivity index (χ3v) is 3.04. The van der Waals surface area contributed by atoms with Gasteiger partial charge < -0.3 is 15.0 Å². The maximum Gasteiger partial charge on any atom is 0.0608 e. The van der Waals surface area contributed by atoms with Crippen molar-refractivity contribution in [2.75, 3.05) is 0 Å². The van der Waals surface area contributed by atoms with Crippen LogP contribution in [-0.2, 0) is 13.1 Å². The molecule has 2 N–H and O–H groups in total. The van der Waals surface area contributed by atoms with Crippen molar-refractivity contribution >= 4 is 0 Å². The van der Waals surface area contributed by atoms with Crippen LogP contribution >= 0.6 is 0 Å². The predicted octanol–water partition coefficient (Wildman–Crippen LogP) is 1.90. The Hall–Kier alpha value is -0.800. The zero-order chi connectivity index (χ0) is 11.6. The third-order valence-electron chi connectivity index (χ3n) is 3.04. The van der Waals surface area contributed by atoms with Crippen LogP contribution < -0.4 is 5.32 Å². The van der Waals surface area contributed by atoms with E-state index in [1.54, 1.807) is 0 Å². The van der Waals surface area contributed by atoms with Crippen LogP contribution in [0.15, 0.2) is 18.3 Å². The van der Waals surface area contributed by atoms with Gasteiger partial charge in [-0.1, -0.05) is 0 Å². The van der Waals surface area contributed by atoms with Gasteiger partial charge in [-0.2, -0.15) is 0 Å². The average Bonchev–Trinajstić information content (AvgIpc) is 2.90. The van der Waals surface area contributed by atoms with Gasteiger partial charge in [0.2, 0.25) is 0 Å². The van der Waals surface area contributed by atoms with Gasteiger partial charge in [-0.15, -0.1) is 0 Å². The Kier molecular flexibility index (Phi) is 3.36. The second-order valence-electron chi connectivity index (χ2n) is 5.41. The molecule has 3 nitrogen and oxygen atoms in total. The number of hydrogen-bond donors (Lipinski definition) is 2. The van der Waals surface area contributed by atoms with Crippen molar-refractivity contribution < 1.29 is 5.11 Å². The topological polar surface area (TPSA) is 37.2 Å². The van der Waals surface area contributed by atoms with E-state index < -0.39 is 5.60 Å². The third kappa shape index (κ3) is 3.65. The SMILES string of the molecule is CC(C)(O)CCn1cccc1CNC1CC1. The molecule has 0 saturated heterocycles. The van der Waals surface area contributed by atoms with E-state index in [2.05, 4.69) is 28.2 Å². The normalized spacial score (nSPS) is 16.7. The Morgan fingerprint density at radius 2 is 2.25 bits per heavy atom. The van der Waals surface area contributed by atoms with Gasteiger partial charge in [-0.25, -0.2) is 0 Å². The highest BCUT2D eigenvalue weighted by Crippen LogP contribution is 2.19. The van der Waals surface area contributed by atoms with Crippen molar-refractivity contribution in [1.82, 2.24) is 9.88 Å². The van der Waals surface area contributed by atoms with Crippen molar-refractivity contribution in [3.63, 3.8) is 0 Å². The summed E-state index contributed by atoms with van der Waals surface area (Å²) in [5.41, 5.74) is 0.738. The number of aryl methyl sites for hydroxylation is 1. The largest absolute Gasteiger partial charge is 0.390 e. The molecule has 0 unspecified atom stereocenters. The van der Waals surface area contributed by atoms with Crippen LogP contribution in [-0.4, -0.2) is 21.3 Å². The van der Waals surface area contributed by atoms with Crippen LogP contribution in [0.3, 0.4) is 0 Å². The van der Waals surface area contributed by atoms with Crippen molar-refractivity contribution in [2.24, 2.45) is 0 Å². The fourth-order valence-electron chi connectivity index (χ4n) is 1.76. The standard InChI is InChI=1S/C13H22N2O/c1-13(2,16)7-9-15-8-3-4-12(15)10-14-11-5-6-11/h3-4,8,11,14,16H,5-7,9-10H2,1-2H3. The minimum atomic E-state index is -0.578. The fraction of sp³-hybridized carbons (Fsp3) is 0.692. The van der Waals surface area contributed by atoms with Gasteiger partial charge >= 0.3 is 0 Å². The molecule has 0 bridgehead atoms. The molecule has 0 aromatic carbocycles. The summed E-state index contributed by atoms with van der Waals surface area (Å²) < 4.78 is 2.23. The van der Waals surface area contributed by atoms with Crippen molar-refractivity contribution in [2.45, 2.75) is 57.8 Å². The van der Waals surface area contributed by atoms with E-state index in [0.717, 1.165) is 25.6 Å². The molecule has 0 spiro atoms. The van der Waals surface area contributed by atoms with Gasteiger partial charge in [0, 0.05) is 31.0 Å². The Bertz CT molecular complexity index is 334. The molecule has 1 fully saturated rings. The molecule has 0 atom stereocenters. The number of aromatic nitrogens is 1. The predicted molar refractivity (Wildman–Crippen MR) is 65.2 cm³/mol. The summed E-state index contributed by atoms with van der Waals surface area (Å²) in [6.45, 7) is 5.55. The molecule has 1 saturated carbocycles. The number of hydrogen-bond acceptors (Lipinski definition) is 2. The van der Waals surface area contributed by atoms with E-state index in [9.17, 15) is 5.11 Å². The van der Waals surface area contributed by atoms with E-state index in [0.29, 0.717) is 0 Å². The second kappa shape index (κ2) is 4.60. The summed E-state index contributed by atoms with van der Waals surface area (Å²) in [6.07, 6.45) is 5.53. The van der Waals surface area contributed by atoms with Gasteiger partial charge in [-0.05, 0) is 45.2 Å². The van der Waals surface area contributed by atoms with Crippen molar-refractivity contribution in [3.05, 3.63) is 24.0 Å². The van der Waals surface area contributed by atoms with E-state index in [1.165, 1.54) is 18.5 Å². The summed E-state index contributed by atoms with van der Waals surface area (Å²) in [7, 11) is 0. The molecule has 1 aromatic rings. The lowest BCUT2D eigenvalue weighted by Crippen LogP contribution is -2.23. The maximum absolute atomic E-state index is 9.71. The molecule has 0 amide bonds. The van der Waals surface area contributed by atoms with Gasteiger partial charge in [-0.3, -0.25) is 0 Å². The number of aliphatic hydroxyl groups is 1. The molecular formula is C13H22N2O. The zero-order valence-corrected chi connectivity index (χ0v) is 10.2. The number of rotatable bonds is 6. The smallest absolute Gasteiger partial charge is 0.0608 e. The molecule has 0 aliphatic heterocycles. The van der Waals surface area contributed by atoms with Crippen LogP contribution in [0, 0.1) is 0 Å². The molecule has 1 aromatic heterocycles. The quantitative estimate of drug-likeness (QED) is 0.771. The van der Waals surface area contributed by atoms with E-state index in [-0.39, 0.29) is 0 Å². The van der Waals surface area contributed by atoms with Gasteiger partial charge in [0.15, 0.2) is 0 Å². The Morgan fingerprint density at radius 3 is 2.88 bits per heavy atom. The first-order chi connectivity index (χ1) is 7.54. The van der Waals surface area contributed by atoms with Gasteiger partial charge in [0.05, 0.1) is 5.60 Å². The van der Waals surface area contributed by atoms with Crippen LogP contribution in [0.25, 0.3) is 0 Å². The molecule has 1 heterocycles. The summed E-state index contributed by atoms with van der Waals surface area (Å²) in [5.74, 6) is 0. The fourth-order valence-corrected chi connectivity index (χ4v) is 1.76.